The summed E-state index contributed by atoms with van der Waals surface area (Å²) in [4.78, 5) is 21.2. The van der Waals surface area contributed by atoms with E-state index in [1.807, 2.05) is 58.2 Å². The van der Waals surface area contributed by atoms with Gasteiger partial charge in [0.15, 0.2) is 5.65 Å². The van der Waals surface area contributed by atoms with E-state index in [0.717, 1.165) is 41.3 Å². The van der Waals surface area contributed by atoms with E-state index < -0.39 is 5.60 Å². The van der Waals surface area contributed by atoms with Gasteiger partial charge in [0.05, 0.1) is 23.0 Å². The zero-order chi connectivity index (χ0) is 22.9. The molecule has 0 atom stereocenters. The summed E-state index contributed by atoms with van der Waals surface area (Å²) in [5.41, 5.74) is 4.63. The molecular weight excluding hydrogens is 404 g/mol. The Kier molecular flexibility index (Phi) is 5.85. The maximum atomic E-state index is 12.3. The van der Waals surface area contributed by atoms with E-state index in [0.29, 0.717) is 25.2 Å². The van der Waals surface area contributed by atoms with Crippen molar-refractivity contribution in [3.05, 3.63) is 53.3 Å². The van der Waals surface area contributed by atoms with Crippen LogP contribution >= 0.6 is 0 Å². The second-order valence-electron chi connectivity index (χ2n) is 9.10. The molecule has 8 nitrogen and oxygen atoms in total. The summed E-state index contributed by atoms with van der Waals surface area (Å²) in [5, 5.41) is 13.9. The lowest BCUT2D eigenvalue weighted by molar-refractivity contribution is 0.0138. The van der Waals surface area contributed by atoms with Crippen LogP contribution in [0.5, 0.6) is 0 Å². The molecule has 2 aromatic heterocycles. The molecule has 0 saturated carbocycles. The number of amides is 1. The summed E-state index contributed by atoms with van der Waals surface area (Å²) in [6, 6.07) is 11.6. The lowest BCUT2D eigenvalue weighted by atomic mass is 10.1. The number of hydrogen-bond acceptors (Lipinski definition) is 6. The molecule has 32 heavy (non-hydrogen) atoms. The Bertz CT molecular complexity index is 1180. The fourth-order valence-corrected chi connectivity index (χ4v) is 3.82. The van der Waals surface area contributed by atoms with E-state index in [1.165, 1.54) is 0 Å². The van der Waals surface area contributed by atoms with E-state index in [9.17, 15) is 10.1 Å². The lowest BCUT2D eigenvalue weighted by Gasteiger charge is -2.35. The first kappa shape index (κ1) is 21.8. The first-order chi connectivity index (χ1) is 15.2. The van der Waals surface area contributed by atoms with Crippen LogP contribution in [0.4, 0.5) is 4.79 Å². The maximum Gasteiger partial charge on any atom is 0.410 e. The Hall–Kier alpha value is -3.44. The molecule has 3 heterocycles. The molecule has 0 aliphatic carbocycles. The number of piperazine rings is 1. The van der Waals surface area contributed by atoms with Crippen molar-refractivity contribution in [3.8, 4) is 17.3 Å². The third-order valence-electron chi connectivity index (χ3n) is 5.45. The summed E-state index contributed by atoms with van der Waals surface area (Å²) in [6.45, 7) is 11.2. The topological polar surface area (TPSA) is 86.8 Å². The standard InChI is InChI=1S/C24H28N6O2/c1-17-21(19-7-5-6-18(14-19)15-25)27-30-9-8-20(26-22(17)30)16-28-10-12-29(13-11-28)23(31)32-24(2,3)4/h5-9,14H,10-13,16H2,1-4H3. The number of aryl methyl sites for hydroxylation is 1. The summed E-state index contributed by atoms with van der Waals surface area (Å²) in [7, 11) is 0. The van der Waals surface area contributed by atoms with Crippen molar-refractivity contribution in [2.75, 3.05) is 26.2 Å². The van der Waals surface area contributed by atoms with Gasteiger partial charge in [-0.25, -0.2) is 14.3 Å². The lowest BCUT2D eigenvalue weighted by Crippen LogP contribution is -2.49. The van der Waals surface area contributed by atoms with Crippen LogP contribution in [0.1, 0.15) is 37.6 Å². The van der Waals surface area contributed by atoms with Crippen LogP contribution in [0.25, 0.3) is 16.9 Å². The van der Waals surface area contributed by atoms with Crippen molar-refractivity contribution in [2.45, 2.75) is 39.8 Å². The number of benzene rings is 1. The Labute approximate surface area is 188 Å². The summed E-state index contributed by atoms with van der Waals surface area (Å²) >= 11 is 0. The minimum absolute atomic E-state index is 0.250. The molecule has 0 unspecified atom stereocenters. The van der Waals surface area contributed by atoms with E-state index in [4.69, 9.17) is 9.72 Å². The molecule has 0 bridgehead atoms. The van der Waals surface area contributed by atoms with E-state index in [-0.39, 0.29) is 6.09 Å². The molecule has 1 aromatic carbocycles. The first-order valence-corrected chi connectivity index (χ1v) is 10.8. The molecular formula is C24H28N6O2. The highest BCUT2D eigenvalue weighted by molar-refractivity contribution is 5.71. The number of nitriles is 1. The number of rotatable bonds is 3. The summed E-state index contributed by atoms with van der Waals surface area (Å²) < 4.78 is 7.26. The van der Waals surface area contributed by atoms with Gasteiger partial charge in [-0.15, -0.1) is 0 Å². The Morgan fingerprint density at radius 2 is 1.94 bits per heavy atom. The molecule has 1 aliphatic rings. The van der Waals surface area contributed by atoms with Crippen LogP contribution in [-0.2, 0) is 11.3 Å². The zero-order valence-corrected chi connectivity index (χ0v) is 19.0. The highest BCUT2D eigenvalue weighted by Gasteiger charge is 2.26. The Morgan fingerprint density at radius 3 is 2.62 bits per heavy atom. The third kappa shape index (κ3) is 4.73. The van der Waals surface area contributed by atoms with Crippen LogP contribution in [0.15, 0.2) is 36.5 Å². The van der Waals surface area contributed by atoms with Crippen LogP contribution in [0, 0.1) is 18.3 Å². The SMILES string of the molecule is Cc1c(-c2cccc(C#N)c2)nn2ccc(CN3CCN(C(=O)OC(C)(C)C)CC3)nc12. The number of aromatic nitrogens is 3. The molecule has 166 valence electrons. The average molecular weight is 433 g/mol. The Balaban J connectivity index is 1.45. The summed E-state index contributed by atoms with van der Waals surface area (Å²) in [6.07, 6.45) is 1.68. The van der Waals surface area contributed by atoms with E-state index in [2.05, 4.69) is 16.1 Å². The van der Waals surface area contributed by atoms with Crippen molar-refractivity contribution in [3.63, 3.8) is 0 Å². The van der Waals surface area contributed by atoms with Gasteiger partial charge in [0.1, 0.15) is 5.60 Å². The molecule has 3 aromatic rings. The number of nitrogens with zero attached hydrogens (tertiary/aromatic N) is 6. The van der Waals surface area contributed by atoms with Gasteiger partial charge in [-0.3, -0.25) is 4.90 Å². The quantitative estimate of drug-likeness (QED) is 0.628. The molecule has 4 rings (SSSR count). The second-order valence-corrected chi connectivity index (χ2v) is 9.10. The van der Waals surface area contributed by atoms with Crippen molar-refractivity contribution < 1.29 is 9.53 Å². The average Bonchev–Trinajstić information content (AvgIpc) is 3.09. The molecule has 1 saturated heterocycles. The van der Waals surface area contributed by atoms with E-state index >= 15 is 0 Å². The van der Waals surface area contributed by atoms with Crippen molar-refractivity contribution in [1.82, 2.24) is 24.4 Å². The smallest absolute Gasteiger partial charge is 0.410 e. The molecule has 0 N–H and O–H groups in total. The second kappa shape index (κ2) is 8.60. The van der Waals surface area contributed by atoms with Crippen LogP contribution in [0.3, 0.4) is 0 Å². The molecule has 8 heteroatoms. The number of fused-ring (bicyclic) bond motifs is 1. The summed E-state index contributed by atoms with van der Waals surface area (Å²) in [5.74, 6) is 0. The molecule has 0 radical (unpaired) electrons. The predicted molar refractivity (Wildman–Crippen MR) is 121 cm³/mol. The molecule has 1 aliphatic heterocycles. The maximum absolute atomic E-state index is 12.3. The minimum Gasteiger partial charge on any atom is -0.444 e. The Morgan fingerprint density at radius 1 is 1.19 bits per heavy atom. The van der Waals surface area contributed by atoms with E-state index in [1.54, 1.807) is 15.5 Å². The van der Waals surface area contributed by atoms with Gasteiger partial charge in [-0.05, 0) is 45.9 Å². The van der Waals surface area contributed by atoms with Crippen molar-refractivity contribution in [1.29, 1.82) is 5.26 Å². The third-order valence-corrected chi connectivity index (χ3v) is 5.45. The van der Waals surface area contributed by atoms with Gasteiger partial charge in [0.2, 0.25) is 0 Å². The van der Waals surface area contributed by atoms with Gasteiger partial charge in [-0.2, -0.15) is 10.4 Å². The van der Waals surface area contributed by atoms with Crippen molar-refractivity contribution >= 4 is 11.7 Å². The van der Waals surface area contributed by atoms with Gasteiger partial charge in [0, 0.05) is 50.0 Å². The number of ether oxygens (including phenoxy) is 1. The molecule has 1 amide bonds. The number of hydrogen-bond donors (Lipinski definition) is 0. The largest absolute Gasteiger partial charge is 0.444 e. The van der Waals surface area contributed by atoms with Crippen LogP contribution in [-0.4, -0.2) is 62.3 Å². The molecule has 0 spiro atoms. The predicted octanol–water partition coefficient (Wildman–Crippen LogP) is 3.63. The van der Waals surface area contributed by atoms with Crippen LogP contribution in [0.2, 0.25) is 0 Å². The highest BCUT2D eigenvalue weighted by Crippen LogP contribution is 2.25. The normalized spacial score (nSPS) is 15.0. The number of carbonyl (C=O) groups is 1. The fourth-order valence-electron chi connectivity index (χ4n) is 3.82. The first-order valence-electron chi connectivity index (χ1n) is 10.8. The van der Waals surface area contributed by atoms with Gasteiger partial charge >= 0.3 is 6.09 Å². The van der Waals surface area contributed by atoms with Gasteiger partial charge < -0.3 is 9.64 Å². The van der Waals surface area contributed by atoms with Crippen molar-refractivity contribution in [2.24, 2.45) is 0 Å². The fraction of sp³-hybridized carbons (Fsp3) is 0.417. The van der Waals surface area contributed by atoms with Gasteiger partial charge in [0.25, 0.3) is 0 Å². The minimum atomic E-state index is -0.481. The monoisotopic (exact) mass is 432 g/mol. The van der Waals surface area contributed by atoms with Crippen LogP contribution < -0.4 is 0 Å². The van der Waals surface area contributed by atoms with Gasteiger partial charge in [-0.1, -0.05) is 12.1 Å². The zero-order valence-electron chi connectivity index (χ0n) is 19.0. The molecule has 1 fully saturated rings. The highest BCUT2D eigenvalue weighted by atomic mass is 16.6. The number of carbonyl (C=O) groups excluding carboxylic acids is 1.